The first-order valence-corrected chi connectivity index (χ1v) is 16.4. The van der Waals surface area contributed by atoms with Gasteiger partial charge in [0.1, 0.15) is 17.1 Å². The van der Waals surface area contributed by atoms with Crippen LogP contribution in [0.1, 0.15) is 83.2 Å². The van der Waals surface area contributed by atoms with Crippen molar-refractivity contribution in [3.05, 3.63) is 64.8 Å². The van der Waals surface area contributed by atoms with Crippen LogP contribution in [0.5, 0.6) is 17.4 Å². The van der Waals surface area contributed by atoms with Crippen LogP contribution in [0.3, 0.4) is 0 Å². The average Bonchev–Trinajstić information content (AvgIpc) is 3.85. The molecule has 0 bridgehead atoms. The van der Waals surface area contributed by atoms with Gasteiger partial charge in [-0.1, -0.05) is 12.1 Å². The number of nitrogens with zero attached hydrogens (tertiary/aromatic N) is 4. The summed E-state index contributed by atoms with van der Waals surface area (Å²) in [5.41, 5.74) is 0.502. The van der Waals surface area contributed by atoms with Gasteiger partial charge in [-0.25, -0.2) is 4.98 Å². The summed E-state index contributed by atoms with van der Waals surface area (Å²) in [6, 6.07) is 9.82. The number of nitrogens with one attached hydrogen (secondary N) is 2. The smallest absolute Gasteiger partial charge is 0.423 e. The predicted molar refractivity (Wildman–Crippen MR) is 172 cm³/mol. The minimum Gasteiger partial charge on any atom is -0.495 e. The zero-order chi connectivity index (χ0) is 33.8. The Kier molecular flexibility index (Phi) is 8.00. The summed E-state index contributed by atoms with van der Waals surface area (Å²) in [6.45, 7) is 2.24. The number of hydrogen-bond acceptors (Lipinski definition) is 8. The van der Waals surface area contributed by atoms with Gasteiger partial charge in [0, 0.05) is 24.8 Å². The molecule has 7 rings (SSSR count). The lowest BCUT2D eigenvalue weighted by Crippen LogP contribution is -2.44. The van der Waals surface area contributed by atoms with Crippen LogP contribution < -0.4 is 20.1 Å². The number of hydrogen-bond donors (Lipinski definition) is 2. The summed E-state index contributed by atoms with van der Waals surface area (Å²) in [5.74, 6) is -1.17. The molecular formula is C35H39F3N6O4. The van der Waals surface area contributed by atoms with Crippen LogP contribution in [0.2, 0.25) is 0 Å². The lowest BCUT2D eigenvalue weighted by molar-refractivity contribution is -0.139. The number of anilines is 2. The van der Waals surface area contributed by atoms with Crippen molar-refractivity contribution in [2.24, 2.45) is 5.41 Å². The molecule has 254 valence electrons. The Balaban J connectivity index is 1.07. The molecule has 2 saturated carbocycles. The zero-order valence-corrected chi connectivity index (χ0v) is 27.2. The second-order valence-corrected chi connectivity index (χ2v) is 13.7. The fourth-order valence-corrected chi connectivity index (χ4v) is 7.59. The minimum atomic E-state index is -4.82. The molecule has 3 fully saturated rings. The van der Waals surface area contributed by atoms with Gasteiger partial charge in [0.2, 0.25) is 11.8 Å². The van der Waals surface area contributed by atoms with Crippen molar-refractivity contribution >= 4 is 23.5 Å². The topological polar surface area (TPSA) is 109 Å². The molecule has 3 aromatic rings. The summed E-state index contributed by atoms with van der Waals surface area (Å²) in [4.78, 5) is 38.3. The van der Waals surface area contributed by atoms with Crippen LogP contribution in [0, 0.1) is 5.41 Å². The Labute approximate surface area is 277 Å². The molecule has 2 N–H and O–H groups in total. The van der Waals surface area contributed by atoms with Gasteiger partial charge in [-0.2, -0.15) is 18.2 Å². The van der Waals surface area contributed by atoms with E-state index in [2.05, 4.69) is 32.5 Å². The Bertz CT molecular complexity index is 1740. The number of halogens is 3. The maximum Gasteiger partial charge on any atom is 0.423 e. The third kappa shape index (κ3) is 5.82. The van der Waals surface area contributed by atoms with Crippen molar-refractivity contribution in [3.63, 3.8) is 0 Å². The average molecular weight is 665 g/mol. The maximum atomic E-state index is 14.1. The first-order chi connectivity index (χ1) is 22.9. The van der Waals surface area contributed by atoms with Crippen molar-refractivity contribution in [2.75, 3.05) is 39.6 Å². The van der Waals surface area contributed by atoms with Crippen LogP contribution in [-0.2, 0) is 11.7 Å². The Morgan fingerprint density at radius 3 is 2.40 bits per heavy atom. The number of carbonyl (C=O) groups excluding carboxylic acids is 2. The summed E-state index contributed by atoms with van der Waals surface area (Å²) in [5, 5.41) is 6.07. The lowest BCUT2D eigenvalue weighted by atomic mass is 9.67. The third-order valence-electron chi connectivity index (χ3n) is 10.8. The molecule has 4 aliphatic rings. The van der Waals surface area contributed by atoms with Gasteiger partial charge in [0.05, 0.1) is 23.9 Å². The second-order valence-electron chi connectivity index (χ2n) is 13.7. The number of amides is 2. The summed E-state index contributed by atoms with van der Waals surface area (Å²) in [7, 11) is 5.29. The number of ether oxygens (including phenoxy) is 2. The van der Waals surface area contributed by atoms with E-state index >= 15 is 0 Å². The second kappa shape index (κ2) is 11.9. The van der Waals surface area contributed by atoms with Crippen LogP contribution in [0.25, 0.3) is 0 Å². The van der Waals surface area contributed by atoms with Crippen molar-refractivity contribution in [1.29, 1.82) is 0 Å². The van der Waals surface area contributed by atoms with Gasteiger partial charge >= 0.3 is 6.18 Å². The van der Waals surface area contributed by atoms with Gasteiger partial charge in [-0.15, -0.1) is 0 Å². The normalized spacial score (nSPS) is 20.1. The predicted octanol–water partition coefficient (Wildman–Crippen LogP) is 6.50. The zero-order valence-electron chi connectivity index (χ0n) is 27.2. The summed E-state index contributed by atoms with van der Waals surface area (Å²) < 4.78 is 53.5. The van der Waals surface area contributed by atoms with E-state index in [1.165, 1.54) is 26.0 Å². The number of rotatable bonds is 7. The van der Waals surface area contributed by atoms with Crippen molar-refractivity contribution < 1.29 is 32.2 Å². The standard InChI is InChI=1S/C35H39F3N6O4/c1-43-17-15-33(16-18-43)11-9-22(10-12-33)40-29(45)21-7-8-25(27(19-21)47-3)41-32-39-20-24(35(36,37)38)30(42-32)48-26-6-4-5-23-28(26)31(46)44(2)34(23)13-14-34/h4-8,19-20,22H,9-18H2,1-3H3,(H,40,45)(H,39,41,42). The number of alkyl halides is 3. The first kappa shape index (κ1) is 32.2. The van der Waals surface area contributed by atoms with E-state index in [4.69, 9.17) is 9.47 Å². The third-order valence-corrected chi connectivity index (χ3v) is 10.8. The highest BCUT2D eigenvalue weighted by Crippen LogP contribution is 2.57. The van der Waals surface area contributed by atoms with Crippen LogP contribution in [0.4, 0.5) is 24.8 Å². The van der Waals surface area contributed by atoms with E-state index in [-0.39, 0.29) is 40.9 Å². The monoisotopic (exact) mass is 664 g/mol. The van der Waals surface area contributed by atoms with E-state index in [1.54, 1.807) is 36.2 Å². The molecule has 0 unspecified atom stereocenters. The molecular weight excluding hydrogens is 625 g/mol. The number of methoxy groups -OCH3 is 1. The van der Waals surface area contributed by atoms with Crippen LogP contribution in [-0.4, -0.2) is 71.9 Å². The number of likely N-dealkylation sites (tertiary alicyclic amines) is 1. The molecule has 2 aliphatic heterocycles. The summed E-state index contributed by atoms with van der Waals surface area (Å²) in [6.07, 6.45) is 3.90. The lowest BCUT2D eigenvalue weighted by Gasteiger charge is -2.45. The Morgan fingerprint density at radius 2 is 1.73 bits per heavy atom. The largest absolute Gasteiger partial charge is 0.495 e. The molecule has 48 heavy (non-hydrogen) atoms. The molecule has 10 nitrogen and oxygen atoms in total. The van der Waals surface area contributed by atoms with Gasteiger partial charge < -0.3 is 29.9 Å². The molecule has 3 heterocycles. The van der Waals surface area contributed by atoms with Gasteiger partial charge in [-0.3, -0.25) is 9.59 Å². The Morgan fingerprint density at radius 1 is 1.00 bits per heavy atom. The van der Waals surface area contributed by atoms with Crippen LogP contribution in [0.15, 0.2) is 42.6 Å². The quantitative estimate of drug-likeness (QED) is 0.295. The van der Waals surface area contributed by atoms with Crippen molar-refractivity contribution in [1.82, 2.24) is 25.1 Å². The van der Waals surface area contributed by atoms with E-state index in [0.717, 1.165) is 57.2 Å². The minimum absolute atomic E-state index is 0.00398. The molecule has 0 radical (unpaired) electrons. The van der Waals surface area contributed by atoms with E-state index < -0.39 is 23.2 Å². The number of benzene rings is 2. The number of fused-ring (bicyclic) bond motifs is 2. The molecule has 2 aromatic carbocycles. The maximum absolute atomic E-state index is 14.1. The van der Waals surface area contributed by atoms with E-state index in [1.807, 2.05) is 6.07 Å². The fourth-order valence-electron chi connectivity index (χ4n) is 7.59. The van der Waals surface area contributed by atoms with E-state index in [0.29, 0.717) is 22.9 Å². The molecule has 2 spiro atoms. The van der Waals surface area contributed by atoms with Gasteiger partial charge in [-0.05, 0) is 107 Å². The number of carbonyl (C=O) groups is 2. The molecule has 1 saturated heterocycles. The molecule has 13 heteroatoms. The molecule has 2 aliphatic carbocycles. The van der Waals surface area contributed by atoms with E-state index in [9.17, 15) is 22.8 Å². The van der Waals surface area contributed by atoms with Gasteiger partial charge in [0.15, 0.2) is 0 Å². The summed E-state index contributed by atoms with van der Waals surface area (Å²) >= 11 is 0. The fraction of sp³-hybridized carbons (Fsp3) is 0.486. The highest BCUT2D eigenvalue weighted by molar-refractivity contribution is 6.03. The first-order valence-electron chi connectivity index (χ1n) is 16.4. The van der Waals surface area contributed by atoms with Crippen molar-refractivity contribution in [3.8, 4) is 17.4 Å². The highest BCUT2D eigenvalue weighted by Gasteiger charge is 2.57. The van der Waals surface area contributed by atoms with Crippen LogP contribution >= 0.6 is 0 Å². The molecule has 0 atom stereocenters. The molecule has 1 aromatic heterocycles. The Hall–Kier alpha value is -4.39. The SMILES string of the molecule is COc1cc(C(=O)NC2CCC3(CC2)CCN(C)CC3)ccc1Nc1ncc(C(F)(F)F)c(Oc2cccc3c2C(=O)N(C)C32CC2)n1. The number of piperidine rings is 1. The van der Waals surface area contributed by atoms with Crippen molar-refractivity contribution in [2.45, 2.75) is 69.1 Å². The number of aromatic nitrogens is 2. The highest BCUT2D eigenvalue weighted by atomic mass is 19.4. The molecule has 2 amide bonds. The van der Waals surface area contributed by atoms with Gasteiger partial charge in [0.25, 0.3) is 11.8 Å².